The van der Waals surface area contributed by atoms with E-state index in [0.29, 0.717) is 27.9 Å². The Hall–Kier alpha value is -3.23. The Morgan fingerprint density at radius 3 is 2.41 bits per heavy atom. The Balaban J connectivity index is 1.85. The van der Waals surface area contributed by atoms with Crippen molar-refractivity contribution in [1.82, 2.24) is 19.7 Å². The molecular weight excluding hydrogens is 410 g/mol. The van der Waals surface area contributed by atoms with Crippen LogP contribution in [0.5, 0.6) is 0 Å². The van der Waals surface area contributed by atoms with Crippen molar-refractivity contribution < 1.29 is 8.42 Å². The molecule has 0 aliphatic heterocycles. The fourth-order valence-corrected chi connectivity index (χ4v) is 4.21. The highest BCUT2D eigenvalue weighted by atomic mass is 35.5. The van der Waals surface area contributed by atoms with Crippen LogP contribution in [0.2, 0.25) is 5.02 Å². The van der Waals surface area contributed by atoms with Gasteiger partial charge in [-0.15, -0.1) is 10.2 Å². The molecule has 1 N–H and O–H groups in total. The minimum atomic E-state index is -3.79. The van der Waals surface area contributed by atoms with Crippen molar-refractivity contribution in [1.29, 1.82) is 0 Å². The lowest BCUT2D eigenvalue weighted by molar-refractivity contribution is 0.601. The maximum absolute atomic E-state index is 12.8. The fourth-order valence-electron chi connectivity index (χ4n) is 2.93. The number of nitrogens with one attached hydrogen (secondary N) is 1. The molecule has 7 nitrogen and oxygen atoms in total. The molecule has 0 bridgehead atoms. The minimum absolute atomic E-state index is 0.160. The van der Waals surface area contributed by atoms with Gasteiger partial charge in [0.05, 0.1) is 16.3 Å². The molecule has 0 radical (unpaired) electrons. The molecule has 0 unspecified atom stereocenters. The molecule has 2 heterocycles. The van der Waals surface area contributed by atoms with Gasteiger partial charge >= 0.3 is 0 Å². The zero-order valence-electron chi connectivity index (χ0n) is 15.3. The van der Waals surface area contributed by atoms with Crippen LogP contribution in [0.25, 0.3) is 17.1 Å². The van der Waals surface area contributed by atoms with Crippen LogP contribution in [0, 0.1) is 6.92 Å². The highest BCUT2D eigenvalue weighted by molar-refractivity contribution is 7.92. The van der Waals surface area contributed by atoms with E-state index in [2.05, 4.69) is 19.9 Å². The molecule has 146 valence electrons. The van der Waals surface area contributed by atoms with Gasteiger partial charge in [-0.05, 0) is 49.4 Å². The fraction of sp³-hybridized carbons (Fsp3) is 0.0500. The van der Waals surface area contributed by atoms with E-state index >= 15 is 0 Å². The molecular formula is C20H16ClN5O2S. The first-order chi connectivity index (χ1) is 14.0. The number of rotatable bonds is 5. The molecule has 9 heteroatoms. The highest BCUT2D eigenvalue weighted by Gasteiger charge is 2.21. The van der Waals surface area contributed by atoms with Gasteiger partial charge in [-0.25, -0.2) is 8.42 Å². The SMILES string of the molecule is Cc1nnc(-c2cc(Cl)ccc2NS(=O)(=O)c2ccccc2)n1-c1ccncc1. The lowest BCUT2D eigenvalue weighted by Crippen LogP contribution is -2.14. The first-order valence-electron chi connectivity index (χ1n) is 8.66. The second-order valence-corrected chi connectivity index (χ2v) is 8.34. The van der Waals surface area contributed by atoms with Gasteiger partial charge in [0.25, 0.3) is 10.0 Å². The molecule has 0 spiro atoms. The normalized spacial score (nSPS) is 11.4. The van der Waals surface area contributed by atoms with Crippen LogP contribution in [0.1, 0.15) is 5.82 Å². The molecule has 4 rings (SSSR count). The van der Waals surface area contributed by atoms with Crippen molar-refractivity contribution in [2.24, 2.45) is 0 Å². The summed E-state index contributed by atoms with van der Waals surface area (Å²) >= 11 is 6.22. The van der Waals surface area contributed by atoms with E-state index in [4.69, 9.17) is 11.6 Å². The number of nitrogens with zero attached hydrogens (tertiary/aromatic N) is 4. The molecule has 0 amide bonds. The van der Waals surface area contributed by atoms with Crippen LogP contribution < -0.4 is 4.72 Å². The highest BCUT2D eigenvalue weighted by Crippen LogP contribution is 2.33. The average molecular weight is 426 g/mol. The first-order valence-corrected chi connectivity index (χ1v) is 10.5. The Kier molecular flexibility index (Phi) is 5.04. The molecule has 2 aromatic heterocycles. The van der Waals surface area contributed by atoms with E-state index in [-0.39, 0.29) is 4.90 Å². The van der Waals surface area contributed by atoms with Crippen LogP contribution in [0.15, 0.2) is 78.0 Å². The lowest BCUT2D eigenvalue weighted by atomic mass is 10.1. The summed E-state index contributed by atoms with van der Waals surface area (Å²) in [4.78, 5) is 4.19. The van der Waals surface area contributed by atoms with Crippen LogP contribution in [0.3, 0.4) is 0 Å². The summed E-state index contributed by atoms with van der Waals surface area (Å²) in [5, 5.41) is 8.88. The third-order valence-electron chi connectivity index (χ3n) is 4.27. The average Bonchev–Trinajstić information content (AvgIpc) is 3.12. The van der Waals surface area contributed by atoms with Gasteiger partial charge in [0.1, 0.15) is 5.82 Å². The predicted molar refractivity (Wildman–Crippen MR) is 112 cm³/mol. The number of halogens is 1. The summed E-state index contributed by atoms with van der Waals surface area (Å²) in [6, 6.07) is 16.7. The molecule has 0 atom stereocenters. The number of aryl methyl sites for hydroxylation is 1. The Morgan fingerprint density at radius 2 is 1.69 bits per heavy atom. The van der Waals surface area contributed by atoms with Gasteiger partial charge in [-0.3, -0.25) is 14.3 Å². The Morgan fingerprint density at radius 1 is 0.966 bits per heavy atom. The maximum atomic E-state index is 12.8. The number of aromatic nitrogens is 4. The zero-order valence-corrected chi connectivity index (χ0v) is 16.9. The number of sulfonamides is 1. The molecule has 0 aliphatic rings. The summed E-state index contributed by atoms with van der Waals surface area (Å²) < 4.78 is 30.1. The third kappa shape index (κ3) is 3.85. The molecule has 0 saturated heterocycles. The summed E-state index contributed by atoms with van der Waals surface area (Å²) in [5.74, 6) is 1.10. The molecule has 2 aromatic carbocycles. The van der Waals surface area contributed by atoms with E-state index in [0.717, 1.165) is 5.69 Å². The van der Waals surface area contributed by atoms with Crippen molar-refractivity contribution >= 4 is 27.3 Å². The molecule has 0 fully saturated rings. The van der Waals surface area contributed by atoms with Crippen LogP contribution in [0.4, 0.5) is 5.69 Å². The molecule has 4 aromatic rings. The second-order valence-electron chi connectivity index (χ2n) is 6.22. The van der Waals surface area contributed by atoms with Crippen molar-refractivity contribution in [3.05, 3.63) is 83.9 Å². The Labute approximate surface area is 173 Å². The van der Waals surface area contributed by atoms with Crippen LogP contribution in [-0.4, -0.2) is 28.2 Å². The number of anilines is 1. The number of hydrogen-bond donors (Lipinski definition) is 1. The first kappa shape index (κ1) is 19.1. The van der Waals surface area contributed by atoms with E-state index in [1.165, 1.54) is 12.1 Å². The van der Waals surface area contributed by atoms with Gasteiger partial charge in [-0.2, -0.15) is 0 Å². The van der Waals surface area contributed by atoms with Crippen molar-refractivity contribution in [3.63, 3.8) is 0 Å². The number of pyridine rings is 1. The second kappa shape index (κ2) is 7.65. The predicted octanol–water partition coefficient (Wildman–Crippen LogP) is 4.09. The third-order valence-corrected chi connectivity index (χ3v) is 5.88. The maximum Gasteiger partial charge on any atom is 0.261 e. The standard InChI is InChI=1S/C20H16ClN5O2S/c1-14-23-24-20(26(14)16-9-11-22-12-10-16)18-13-15(21)7-8-19(18)25-29(27,28)17-5-3-2-4-6-17/h2-13,25H,1H3. The summed E-state index contributed by atoms with van der Waals surface area (Å²) in [7, 11) is -3.79. The van der Waals surface area contributed by atoms with Gasteiger partial charge in [0, 0.05) is 23.0 Å². The van der Waals surface area contributed by atoms with Gasteiger partial charge in [0.15, 0.2) is 5.82 Å². The largest absolute Gasteiger partial charge is 0.279 e. The van der Waals surface area contributed by atoms with E-state index in [9.17, 15) is 8.42 Å². The number of benzene rings is 2. The van der Waals surface area contributed by atoms with Crippen molar-refractivity contribution in [3.8, 4) is 17.1 Å². The molecule has 0 saturated carbocycles. The van der Waals surface area contributed by atoms with Gasteiger partial charge < -0.3 is 0 Å². The lowest BCUT2D eigenvalue weighted by Gasteiger charge is -2.14. The van der Waals surface area contributed by atoms with E-state index in [1.807, 2.05) is 23.6 Å². The summed E-state index contributed by atoms with van der Waals surface area (Å²) in [5.41, 5.74) is 1.66. The van der Waals surface area contributed by atoms with Crippen molar-refractivity contribution in [2.45, 2.75) is 11.8 Å². The quantitative estimate of drug-likeness (QED) is 0.520. The van der Waals surface area contributed by atoms with E-state index in [1.54, 1.807) is 48.8 Å². The van der Waals surface area contributed by atoms with Crippen LogP contribution >= 0.6 is 11.6 Å². The monoisotopic (exact) mass is 425 g/mol. The smallest absolute Gasteiger partial charge is 0.261 e. The zero-order chi connectivity index (χ0) is 20.4. The van der Waals surface area contributed by atoms with Gasteiger partial charge in [0.2, 0.25) is 0 Å². The van der Waals surface area contributed by atoms with Gasteiger partial charge in [-0.1, -0.05) is 29.8 Å². The molecule has 0 aliphatic carbocycles. The molecule has 29 heavy (non-hydrogen) atoms. The summed E-state index contributed by atoms with van der Waals surface area (Å²) in [6.45, 7) is 1.81. The van der Waals surface area contributed by atoms with E-state index < -0.39 is 10.0 Å². The van der Waals surface area contributed by atoms with Crippen LogP contribution in [-0.2, 0) is 10.0 Å². The Bertz CT molecular complexity index is 1260. The minimum Gasteiger partial charge on any atom is -0.279 e. The summed E-state index contributed by atoms with van der Waals surface area (Å²) in [6.07, 6.45) is 3.32. The van der Waals surface area contributed by atoms with Crippen molar-refractivity contribution in [2.75, 3.05) is 4.72 Å². The number of hydrogen-bond acceptors (Lipinski definition) is 5. The topological polar surface area (TPSA) is 89.8 Å².